The van der Waals surface area contributed by atoms with Gasteiger partial charge in [0.25, 0.3) is 0 Å². The topological polar surface area (TPSA) is 107 Å². The fourth-order valence-electron chi connectivity index (χ4n) is 3.47. The number of carboxylic acids is 1. The zero-order chi connectivity index (χ0) is 21.6. The lowest BCUT2D eigenvalue weighted by Gasteiger charge is -2.11. The van der Waals surface area contributed by atoms with Gasteiger partial charge in [0.1, 0.15) is 21.7 Å². The molecule has 2 aromatic heterocycles. The van der Waals surface area contributed by atoms with Crippen molar-refractivity contribution in [2.24, 2.45) is 4.99 Å². The number of carbonyl (C=O) groups is 2. The summed E-state index contributed by atoms with van der Waals surface area (Å²) >= 11 is 7.19. The predicted molar refractivity (Wildman–Crippen MR) is 112 cm³/mol. The minimum Gasteiger partial charge on any atom is -0.477 e. The number of thiophene rings is 1. The number of benzene rings is 1. The summed E-state index contributed by atoms with van der Waals surface area (Å²) in [6, 6.07) is 6.47. The second-order valence-corrected chi connectivity index (χ2v) is 8.20. The monoisotopic (exact) mass is 444 g/mol. The van der Waals surface area contributed by atoms with Crippen molar-refractivity contribution in [2.75, 3.05) is 7.11 Å². The normalized spacial score (nSPS) is 15.1. The van der Waals surface area contributed by atoms with Crippen LogP contribution in [0.5, 0.6) is 0 Å². The largest absolute Gasteiger partial charge is 0.477 e. The molecule has 0 fully saturated rings. The fourth-order valence-corrected chi connectivity index (χ4v) is 4.80. The smallest absolute Gasteiger partial charge is 0.346 e. The van der Waals surface area contributed by atoms with Crippen LogP contribution in [0.1, 0.15) is 50.5 Å². The fraction of sp³-hybridized carbons (Fsp3) is 0.250. The third-order valence-electron chi connectivity index (χ3n) is 4.90. The van der Waals surface area contributed by atoms with Gasteiger partial charge in [-0.15, -0.1) is 21.5 Å². The molecule has 0 spiro atoms. The Bertz CT molecular complexity index is 1200. The summed E-state index contributed by atoms with van der Waals surface area (Å²) in [7, 11) is 1.32. The van der Waals surface area contributed by atoms with Crippen LogP contribution >= 0.6 is 22.9 Å². The maximum Gasteiger partial charge on any atom is 0.346 e. The molecule has 4 rings (SSSR count). The first-order valence-corrected chi connectivity index (χ1v) is 10.2. The average molecular weight is 445 g/mol. The molecule has 0 saturated carbocycles. The molecular weight excluding hydrogens is 428 g/mol. The standard InChI is InChI=1S/C20H17ClN4O4S/c1-9-15-16(11-4-6-12(21)7-5-11)22-13(8-14(26)29-3)18-24-23-10(2)25(18)19(15)30-17(9)20(27)28/h4-7,13H,8H2,1-3H3,(H,27,28)/t13-/m1/s1. The highest BCUT2D eigenvalue weighted by Crippen LogP contribution is 2.40. The van der Waals surface area contributed by atoms with E-state index in [-0.39, 0.29) is 11.3 Å². The Kier molecular flexibility index (Phi) is 5.17. The third-order valence-corrected chi connectivity index (χ3v) is 6.42. The van der Waals surface area contributed by atoms with Gasteiger partial charge >= 0.3 is 11.9 Å². The van der Waals surface area contributed by atoms with E-state index in [1.807, 2.05) is 12.1 Å². The first-order chi connectivity index (χ1) is 14.3. The van der Waals surface area contributed by atoms with Crippen LogP contribution in [0.2, 0.25) is 5.02 Å². The Hall–Kier alpha value is -3.04. The lowest BCUT2D eigenvalue weighted by Crippen LogP contribution is -2.12. The highest BCUT2D eigenvalue weighted by Gasteiger charge is 2.34. The summed E-state index contributed by atoms with van der Waals surface area (Å²) in [4.78, 5) is 29.0. The lowest BCUT2D eigenvalue weighted by atomic mass is 9.99. The highest BCUT2D eigenvalue weighted by atomic mass is 35.5. The number of fused-ring (bicyclic) bond motifs is 3. The number of aryl methyl sites for hydroxylation is 1. The number of nitrogens with zero attached hydrogens (tertiary/aromatic N) is 4. The van der Waals surface area contributed by atoms with E-state index >= 15 is 0 Å². The van der Waals surface area contributed by atoms with Gasteiger partial charge in [-0.3, -0.25) is 14.4 Å². The number of aromatic nitrogens is 3. The molecule has 0 bridgehead atoms. The van der Waals surface area contributed by atoms with Crippen LogP contribution in [-0.2, 0) is 9.53 Å². The molecule has 3 heterocycles. The van der Waals surface area contributed by atoms with Crippen molar-refractivity contribution >= 4 is 40.6 Å². The van der Waals surface area contributed by atoms with Crippen molar-refractivity contribution in [3.8, 4) is 5.00 Å². The quantitative estimate of drug-likeness (QED) is 0.614. The van der Waals surface area contributed by atoms with Crippen LogP contribution in [0.3, 0.4) is 0 Å². The summed E-state index contributed by atoms with van der Waals surface area (Å²) in [5.74, 6) is -0.410. The summed E-state index contributed by atoms with van der Waals surface area (Å²) in [5, 5.41) is 19.3. The summed E-state index contributed by atoms with van der Waals surface area (Å²) in [5.41, 5.74) is 2.59. The molecule has 154 valence electrons. The lowest BCUT2D eigenvalue weighted by molar-refractivity contribution is -0.141. The number of hydrogen-bond donors (Lipinski definition) is 1. The number of carboxylic acid groups (broad SMARTS) is 1. The molecule has 1 aliphatic heterocycles. The number of hydrogen-bond acceptors (Lipinski definition) is 7. The third kappa shape index (κ3) is 3.29. The average Bonchev–Trinajstić information content (AvgIpc) is 3.21. The second-order valence-electron chi connectivity index (χ2n) is 6.76. The summed E-state index contributed by atoms with van der Waals surface area (Å²) < 4.78 is 6.62. The molecular formula is C20H17ClN4O4S. The minimum absolute atomic E-state index is 0.0223. The van der Waals surface area contributed by atoms with E-state index in [0.29, 0.717) is 38.5 Å². The summed E-state index contributed by atoms with van der Waals surface area (Å²) in [6.45, 7) is 3.53. The van der Waals surface area contributed by atoms with Crippen LogP contribution in [0.4, 0.5) is 0 Å². The number of ether oxygens (including phenoxy) is 1. The van der Waals surface area contributed by atoms with Gasteiger partial charge in [0.15, 0.2) is 5.82 Å². The van der Waals surface area contributed by atoms with E-state index in [4.69, 9.17) is 21.3 Å². The zero-order valence-corrected chi connectivity index (χ0v) is 17.9. The Labute approximate surface area is 180 Å². The molecule has 3 aromatic rings. The molecule has 1 atom stereocenters. The molecule has 30 heavy (non-hydrogen) atoms. The van der Waals surface area contributed by atoms with Crippen LogP contribution in [0.25, 0.3) is 5.00 Å². The van der Waals surface area contributed by atoms with Crippen molar-refractivity contribution in [2.45, 2.75) is 26.3 Å². The SMILES string of the molecule is COC(=O)C[C@H]1N=C(c2ccc(Cl)cc2)c2c(sc(C(=O)O)c2C)-n2c(C)nnc21. The van der Waals surface area contributed by atoms with Crippen LogP contribution in [0.15, 0.2) is 29.3 Å². The molecule has 0 amide bonds. The molecule has 0 aliphatic carbocycles. The molecule has 10 heteroatoms. The number of rotatable bonds is 4. The van der Waals surface area contributed by atoms with E-state index in [0.717, 1.165) is 16.9 Å². The van der Waals surface area contributed by atoms with Crippen LogP contribution in [-0.4, -0.2) is 44.6 Å². The Balaban J connectivity index is 2.04. The van der Waals surface area contributed by atoms with Gasteiger partial charge in [-0.25, -0.2) is 4.79 Å². The van der Waals surface area contributed by atoms with Gasteiger partial charge in [-0.1, -0.05) is 23.7 Å². The molecule has 1 N–H and O–H groups in total. The van der Waals surface area contributed by atoms with Crippen LogP contribution < -0.4 is 0 Å². The molecule has 0 radical (unpaired) electrons. The number of aliphatic imine (C=N–C) groups is 1. The van der Waals surface area contributed by atoms with E-state index in [2.05, 4.69) is 10.2 Å². The molecule has 0 unspecified atom stereocenters. The predicted octanol–water partition coefficient (Wildman–Crippen LogP) is 3.75. The van der Waals surface area contributed by atoms with Gasteiger partial charge in [0.2, 0.25) is 0 Å². The Morgan fingerprint density at radius 3 is 2.57 bits per heavy atom. The molecule has 0 saturated heterocycles. The molecule has 1 aromatic carbocycles. The Morgan fingerprint density at radius 1 is 1.23 bits per heavy atom. The van der Waals surface area contributed by atoms with Gasteiger partial charge in [-0.05, 0) is 31.5 Å². The van der Waals surface area contributed by atoms with Crippen LogP contribution in [0, 0.1) is 13.8 Å². The van der Waals surface area contributed by atoms with E-state index < -0.39 is 18.0 Å². The minimum atomic E-state index is -1.01. The van der Waals surface area contributed by atoms with Gasteiger partial charge in [0, 0.05) is 16.1 Å². The van der Waals surface area contributed by atoms with Gasteiger partial charge < -0.3 is 9.84 Å². The van der Waals surface area contributed by atoms with Crippen molar-refractivity contribution < 1.29 is 19.4 Å². The van der Waals surface area contributed by atoms with Gasteiger partial charge in [0.05, 0.1) is 19.2 Å². The molecule has 1 aliphatic rings. The number of halogens is 1. The first kappa shape index (κ1) is 20.2. The number of aromatic carboxylic acids is 1. The first-order valence-electron chi connectivity index (χ1n) is 9.01. The second kappa shape index (κ2) is 7.66. The number of methoxy groups -OCH3 is 1. The Morgan fingerprint density at radius 2 is 1.93 bits per heavy atom. The zero-order valence-electron chi connectivity index (χ0n) is 16.3. The van der Waals surface area contributed by atoms with Crippen molar-refractivity contribution in [3.63, 3.8) is 0 Å². The van der Waals surface area contributed by atoms with Crippen molar-refractivity contribution in [1.29, 1.82) is 0 Å². The number of esters is 1. The summed E-state index contributed by atoms with van der Waals surface area (Å²) in [6.07, 6.45) is -0.0223. The van der Waals surface area contributed by atoms with Crippen molar-refractivity contribution in [1.82, 2.24) is 14.8 Å². The van der Waals surface area contributed by atoms with Gasteiger partial charge in [-0.2, -0.15) is 0 Å². The highest BCUT2D eigenvalue weighted by molar-refractivity contribution is 7.17. The van der Waals surface area contributed by atoms with E-state index in [1.165, 1.54) is 7.11 Å². The van der Waals surface area contributed by atoms with E-state index in [9.17, 15) is 14.7 Å². The van der Waals surface area contributed by atoms with E-state index in [1.54, 1.807) is 30.5 Å². The maximum absolute atomic E-state index is 12.1. The maximum atomic E-state index is 12.1. The van der Waals surface area contributed by atoms with Crippen molar-refractivity contribution in [3.05, 3.63) is 62.5 Å². The molecule has 8 nitrogen and oxygen atoms in total. The number of carbonyl (C=O) groups excluding carboxylic acids is 1.